The normalized spacial score (nSPS) is 13.6. The number of carbonyl (C=O) groups is 1. The Labute approximate surface area is 90.7 Å². The molecule has 0 aliphatic rings. The predicted octanol–water partition coefficient (Wildman–Crippen LogP) is 1.20. The first-order chi connectivity index (χ1) is 6.85. The van der Waals surface area contributed by atoms with E-state index in [0.29, 0.717) is 4.90 Å². The monoisotopic (exact) mass is 229 g/mol. The van der Waals surface area contributed by atoms with Crippen molar-refractivity contribution in [2.75, 3.05) is 0 Å². The zero-order chi connectivity index (χ0) is 11.6. The number of halogens is 1. The number of amides is 1. The average molecular weight is 229 g/mol. The molecule has 3 nitrogen and oxygen atoms in total. The molecule has 0 fully saturated rings. The molecule has 0 saturated carbocycles. The number of primary amides is 1. The zero-order valence-corrected chi connectivity index (χ0v) is 9.31. The number of carbonyl (C=O) groups excluding carboxylic acids is 1. The van der Waals surface area contributed by atoms with Gasteiger partial charge in [-0.05, 0) is 38.1 Å². The lowest BCUT2D eigenvalue weighted by Crippen LogP contribution is -2.45. The van der Waals surface area contributed by atoms with E-state index in [2.05, 4.69) is 0 Å². The summed E-state index contributed by atoms with van der Waals surface area (Å²) >= 11 is -1.57. The largest absolute Gasteiger partial charge is 0.611 e. The molecule has 0 heterocycles. The molecule has 15 heavy (non-hydrogen) atoms. The molecule has 1 rings (SSSR count). The van der Waals surface area contributed by atoms with E-state index in [4.69, 9.17) is 5.73 Å². The summed E-state index contributed by atoms with van der Waals surface area (Å²) in [5.41, 5.74) is 5.13. The number of hydrogen-bond donors (Lipinski definition) is 1. The molecule has 5 heteroatoms. The summed E-state index contributed by atoms with van der Waals surface area (Å²) in [5.74, 6) is -1.06. The van der Waals surface area contributed by atoms with Crippen molar-refractivity contribution < 1.29 is 13.7 Å². The highest BCUT2D eigenvalue weighted by molar-refractivity contribution is 7.93. The molecule has 0 aromatic heterocycles. The van der Waals surface area contributed by atoms with Crippen LogP contribution in [0.4, 0.5) is 4.39 Å². The van der Waals surface area contributed by atoms with Gasteiger partial charge in [0.1, 0.15) is 5.82 Å². The highest BCUT2D eigenvalue weighted by atomic mass is 32.2. The number of benzene rings is 1. The molecule has 0 aliphatic heterocycles. The summed E-state index contributed by atoms with van der Waals surface area (Å²) in [4.78, 5) is 11.4. The van der Waals surface area contributed by atoms with Crippen molar-refractivity contribution in [3.05, 3.63) is 30.1 Å². The second-order valence-electron chi connectivity index (χ2n) is 3.60. The van der Waals surface area contributed by atoms with Crippen molar-refractivity contribution in [1.29, 1.82) is 0 Å². The molecule has 0 bridgehead atoms. The summed E-state index contributed by atoms with van der Waals surface area (Å²) in [7, 11) is 0. The van der Waals surface area contributed by atoms with E-state index < -0.39 is 27.6 Å². The first-order valence-electron chi connectivity index (χ1n) is 4.33. The van der Waals surface area contributed by atoms with Crippen LogP contribution in [-0.4, -0.2) is 15.2 Å². The van der Waals surface area contributed by atoms with Gasteiger partial charge in [0.2, 0.25) is 4.75 Å². The minimum absolute atomic E-state index is 0.389. The molecule has 1 aromatic carbocycles. The molecule has 0 aliphatic carbocycles. The van der Waals surface area contributed by atoms with E-state index in [1.807, 2.05) is 0 Å². The summed E-state index contributed by atoms with van der Waals surface area (Å²) in [5, 5.41) is 0. The molecule has 82 valence electrons. The van der Waals surface area contributed by atoms with Crippen molar-refractivity contribution >= 4 is 17.1 Å². The topological polar surface area (TPSA) is 66.2 Å². The lowest BCUT2D eigenvalue weighted by Gasteiger charge is -2.24. The Morgan fingerprint density at radius 2 is 1.87 bits per heavy atom. The van der Waals surface area contributed by atoms with Crippen LogP contribution in [0.25, 0.3) is 0 Å². The second-order valence-corrected chi connectivity index (χ2v) is 5.63. The number of nitrogens with two attached hydrogens (primary N) is 1. The Bertz CT molecular complexity index is 364. The van der Waals surface area contributed by atoms with Crippen molar-refractivity contribution in [1.82, 2.24) is 0 Å². The van der Waals surface area contributed by atoms with E-state index in [1.54, 1.807) is 0 Å². The van der Waals surface area contributed by atoms with Gasteiger partial charge in [-0.15, -0.1) is 0 Å². The summed E-state index contributed by atoms with van der Waals surface area (Å²) in [6.07, 6.45) is 0. The quantitative estimate of drug-likeness (QED) is 0.791. The van der Waals surface area contributed by atoms with E-state index in [0.717, 1.165) is 0 Å². The van der Waals surface area contributed by atoms with Crippen molar-refractivity contribution in [3.8, 4) is 0 Å². The Balaban J connectivity index is 2.99. The van der Waals surface area contributed by atoms with Gasteiger partial charge in [-0.2, -0.15) is 0 Å². The highest BCUT2D eigenvalue weighted by Gasteiger charge is 2.39. The van der Waals surface area contributed by atoms with Crippen LogP contribution in [0.3, 0.4) is 0 Å². The van der Waals surface area contributed by atoms with E-state index in [-0.39, 0.29) is 0 Å². The van der Waals surface area contributed by atoms with Gasteiger partial charge in [-0.25, -0.2) is 4.39 Å². The van der Waals surface area contributed by atoms with Gasteiger partial charge in [-0.1, -0.05) is 0 Å². The fraction of sp³-hybridized carbons (Fsp3) is 0.300. The highest BCUT2D eigenvalue weighted by Crippen LogP contribution is 2.24. The molecule has 0 radical (unpaired) electrons. The van der Waals surface area contributed by atoms with E-state index in [1.165, 1.54) is 38.1 Å². The van der Waals surface area contributed by atoms with Crippen LogP contribution in [0.2, 0.25) is 0 Å². The fourth-order valence-electron chi connectivity index (χ4n) is 0.944. The average Bonchev–Trinajstić information content (AvgIpc) is 2.17. The minimum atomic E-state index is -1.57. The van der Waals surface area contributed by atoms with Gasteiger partial charge in [0.25, 0.3) is 5.91 Å². The van der Waals surface area contributed by atoms with Crippen LogP contribution in [0, 0.1) is 5.82 Å². The summed E-state index contributed by atoms with van der Waals surface area (Å²) < 4.78 is 23.4. The standard InChI is InChI=1S/C10H12FNO2S/c1-10(2,9(12)13)15(14)8-5-3-7(11)4-6-8/h3-6H,1-2H3,(H2,12,13). The Kier molecular flexibility index (Phi) is 3.36. The number of rotatable bonds is 3. The SMILES string of the molecule is CC(C)(C(N)=O)[S+]([O-])c1ccc(F)cc1. The van der Waals surface area contributed by atoms with Crippen LogP contribution in [0.15, 0.2) is 29.2 Å². The molecule has 1 amide bonds. The van der Waals surface area contributed by atoms with Crippen molar-refractivity contribution in [2.24, 2.45) is 5.73 Å². The van der Waals surface area contributed by atoms with E-state index >= 15 is 0 Å². The van der Waals surface area contributed by atoms with Crippen LogP contribution in [0.1, 0.15) is 13.8 Å². The van der Waals surface area contributed by atoms with Crippen LogP contribution >= 0.6 is 0 Å². The maximum Gasteiger partial charge on any atom is 0.273 e. The first-order valence-corrected chi connectivity index (χ1v) is 5.48. The minimum Gasteiger partial charge on any atom is -0.611 e. The maximum absolute atomic E-state index is 12.6. The summed E-state index contributed by atoms with van der Waals surface area (Å²) in [6.45, 7) is 2.99. The van der Waals surface area contributed by atoms with Crippen molar-refractivity contribution in [2.45, 2.75) is 23.5 Å². The lowest BCUT2D eigenvalue weighted by atomic mass is 10.2. The van der Waals surface area contributed by atoms with Gasteiger partial charge in [0.15, 0.2) is 4.90 Å². The second kappa shape index (κ2) is 4.20. The van der Waals surface area contributed by atoms with Crippen LogP contribution < -0.4 is 5.73 Å². The van der Waals surface area contributed by atoms with Gasteiger partial charge in [0.05, 0.1) is 0 Å². The van der Waals surface area contributed by atoms with Gasteiger partial charge < -0.3 is 10.3 Å². The Morgan fingerprint density at radius 1 is 1.40 bits per heavy atom. The summed E-state index contributed by atoms with van der Waals surface area (Å²) in [6, 6.07) is 5.17. The zero-order valence-electron chi connectivity index (χ0n) is 8.49. The molecule has 2 N–H and O–H groups in total. The maximum atomic E-state index is 12.6. The Hall–Kier alpha value is -1.07. The third-order valence-corrected chi connectivity index (χ3v) is 3.91. The molecule has 1 aromatic rings. The fourth-order valence-corrected chi connectivity index (χ4v) is 2.10. The third-order valence-electron chi connectivity index (χ3n) is 2.08. The third kappa shape index (κ3) is 2.49. The lowest BCUT2D eigenvalue weighted by molar-refractivity contribution is -0.119. The van der Waals surface area contributed by atoms with Gasteiger partial charge in [-0.3, -0.25) is 4.79 Å². The Morgan fingerprint density at radius 3 is 2.27 bits per heavy atom. The first kappa shape index (κ1) is 12.0. The molecular formula is C10H12FNO2S. The van der Waals surface area contributed by atoms with Crippen molar-refractivity contribution in [3.63, 3.8) is 0 Å². The smallest absolute Gasteiger partial charge is 0.273 e. The number of hydrogen-bond acceptors (Lipinski definition) is 2. The van der Waals surface area contributed by atoms with Gasteiger partial charge in [0, 0.05) is 11.2 Å². The molecule has 0 saturated heterocycles. The van der Waals surface area contributed by atoms with Crippen LogP contribution in [-0.2, 0) is 16.0 Å². The van der Waals surface area contributed by atoms with Crippen LogP contribution in [0.5, 0.6) is 0 Å². The molecule has 0 spiro atoms. The van der Waals surface area contributed by atoms with Gasteiger partial charge >= 0.3 is 0 Å². The predicted molar refractivity (Wildman–Crippen MR) is 56.1 cm³/mol. The van der Waals surface area contributed by atoms with E-state index in [9.17, 15) is 13.7 Å². The molecular weight excluding hydrogens is 217 g/mol. The molecule has 1 unspecified atom stereocenters. The molecule has 1 atom stereocenters.